The van der Waals surface area contributed by atoms with E-state index in [9.17, 15) is 13.2 Å². The highest BCUT2D eigenvalue weighted by Gasteiger charge is 2.14. The summed E-state index contributed by atoms with van der Waals surface area (Å²) in [7, 11) is -3.77. The van der Waals surface area contributed by atoms with Gasteiger partial charge in [0, 0.05) is 0 Å². The topological polar surface area (TPSA) is 145 Å². The number of aryl methyl sites for hydroxylation is 1. The normalized spacial score (nSPS) is 11.7. The summed E-state index contributed by atoms with van der Waals surface area (Å²) in [5.41, 5.74) is 0.970. The molecule has 0 amide bonds. The highest BCUT2D eigenvalue weighted by Crippen LogP contribution is 2.12. The maximum atomic E-state index is 12.0. The molecule has 0 atom stereocenters. The van der Waals surface area contributed by atoms with Crippen molar-refractivity contribution in [2.24, 2.45) is 0 Å². The van der Waals surface area contributed by atoms with Gasteiger partial charge in [0.15, 0.2) is 0 Å². The van der Waals surface area contributed by atoms with Crippen LogP contribution >= 0.6 is 0 Å². The summed E-state index contributed by atoms with van der Waals surface area (Å²) in [5.74, 6) is -1.01. The van der Waals surface area contributed by atoms with Gasteiger partial charge in [-0.3, -0.25) is 4.18 Å². The lowest BCUT2D eigenvalue weighted by Crippen LogP contribution is -2.15. The number of carboxylic acid groups (broad SMARTS) is 1. The number of carboxylic acids is 1. The van der Waals surface area contributed by atoms with Crippen LogP contribution in [0.4, 0.5) is 0 Å². The van der Waals surface area contributed by atoms with E-state index in [4.69, 9.17) is 42.4 Å². The third-order valence-electron chi connectivity index (χ3n) is 4.23. The first kappa shape index (κ1) is 32.3. The van der Waals surface area contributed by atoms with Gasteiger partial charge in [0.2, 0.25) is 0 Å². The fourth-order valence-electron chi connectivity index (χ4n) is 2.45. The van der Waals surface area contributed by atoms with Crippen molar-refractivity contribution in [2.45, 2.75) is 11.8 Å². The van der Waals surface area contributed by atoms with E-state index in [-0.39, 0.29) is 31.3 Å². The van der Waals surface area contributed by atoms with Gasteiger partial charge in [0.25, 0.3) is 10.1 Å². The SMILES string of the molecule is Cc1ccc(S(=O)(=O)OCCOCCOCCOCCOCCOCCOCCOCC(=O)O)cc1. The summed E-state index contributed by atoms with van der Waals surface area (Å²) in [6.45, 7) is 6.25. The molecule has 1 aromatic rings. The van der Waals surface area contributed by atoms with Crippen molar-refractivity contribution in [1.29, 1.82) is 0 Å². The first-order chi connectivity index (χ1) is 17.4. The van der Waals surface area contributed by atoms with Gasteiger partial charge in [-0.15, -0.1) is 0 Å². The summed E-state index contributed by atoms with van der Waals surface area (Å²) in [6, 6.07) is 6.45. The van der Waals surface area contributed by atoms with Crippen LogP contribution in [0.3, 0.4) is 0 Å². The lowest BCUT2D eigenvalue weighted by molar-refractivity contribution is -0.142. The molecular weight excluding hydrogens is 500 g/mol. The Hall–Kier alpha value is -1.68. The molecule has 0 radical (unpaired) electrons. The van der Waals surface area contributed by atoms with Gasteiger partial charge >= 0.3 is 5.97 Å². The molecule has 0 aliphatic heterocycles. The van der Waals surface area contributed by atoms with E-state index in [1.807, 2.05) is 6.92 Å². The minimum absolute atomic E-state index is 0.0657. The smallest absolute Gasteiger partial charge is 0.329 e. The van der Waals surface area contributed by atoms with Gasteiger partial charge < -0.3 is 38.3 Å². The molecule has 0 aliphatic rings. The number of carbonyl (C=O) groups is 1. The zero-order chi connectivity index (χ0) is 26.3. The van der Waals surface area contributed by atoms with Crippen molar-refractivity contribution in [3.63, 3.8) is 0 Å². The van der Waals surface area contributed by atoms with Crippen molar-refractivity contribution in [1.82, 2.24) is 0 Å². The Bertz CT molecular complexity index is 770. The molecule has 0 aliphatic carbocycles. The van der Waals surface area contributed by atoms with Crippen LogP contribution in [0.2, 0.25) is 0 Å². The maximum Gasteiger partial charge on any atom is 0.329 e. The molecule has 1 rings (SSSR count). The average molecular weight is 539 g/mol. The van der Waals surface area contributed by atoms with E-state index in [1.165, 1.54) is 12.1 Å². The number of hydrogen-bond acceptors (Lipinski definition) is 11. The van der Waals surface area contributed by atoms with E-state index in [0.717, 1.165) is 5.56 Å². The first-order valence-electron chi connectivity index (χ1n) is 11.6. The van der Waals surface area contributed by atoms with Crippen LogP contribution in [0, 0.1) is 6.92 Å². The molecule has 0 heterocycles. The van der Waals surface area contributed by atoms with Crippen molar-refractivity contribution in [3.8, 4) is 0 Å². The van der Waals surface area contributed by atoms with Crippen LogP contribution in [0.5, 0.6) is 0 Å². The molecular formula is C23H38O12S. The van der Waals surface area contributed by atoms with Gasteiger partial charge in [0.05, 0.1) is 97.4 Å². The largest absolute Gasteiger partial charge is 0.480 e. The van der Waals surface area contributed by atoms with Crippen LogP contribution in [-0.4, -0.2) is 119 Å². The molecule has 1 aromatic carbocycles. The molecule has 0 spiro atoms. The Balaban J connectivity index is 1.76. The standard InChI is InChI=1S/C23H38O12S/c1-21-2-4-22(5-3-21)36(26,27)35-19-18-33-15-14-31-11-10-29-7-6-28-8-9-30-12-13-32-16-17-34-20-23(24)25/h2-5H,6-20H2,1H3,(H,24,25). The summed E-state index contributed by atoms with van der Waals surface area (Å²) in [5, 5.41) is 8.39. The highest BCUT2D eigenvalue weighted by atomic mass is 32.2. The summed E-state index contributed by atoms with van der Waals surface area (Å²) in [4.78, 5) is 10.4. The molecule has 0 saturated carbocycles. The lowest BCUT2D eigenvalue weighted by Gasteiger charge is -2.09. The van der Waals surface area contributed by atoms with Gasteiger partial charge in [-0.1, -0.05) is 17.7 Å². The number of aliphatic carboxylic acids is 1. The Morgan fingerprint density at radius 1 is 0.611 bits per heavy atom. The van der Waals surface area contributed by atoms with Crippen molar-refractivity contribution < 1.29 is 55.7 Å². The monoisotopic (exact) mass is 538 g/mol. The van der Waals surface area contributed by atoms with Crippen molar-refractivity contribution in [3.05, 3.63) is 29.8 Å². The second kappa shape index (κ2) is 21.4. The van der Waals surface area contributed by atoms with Gasteiger partial charge in [-0.05, 0) is 19.1 Å². The van der Waals surface area contributed by atoms with E-state index < -0.39 is 16.1 Å². The molecule has 208 valence electrons. The van der Waals surface area contributed by atoms with Crippen LogP contribution in [-0.2, 0) is 52.3 Å². The Morgan fingerprint density at radius 3 is 1.31 bits per heavy atom. The average Bonchev–Trinajstić information content (AvgIpc) is 2.84. The second-order valence-corrected chi connectivity index (χ2v) is 8.83. The lowest BCUT2D eigenvalue weighted by atomic mass is 10.2. The van der Waals surface area contributed by atoms with Crippen molar-refractivity contribution in [2.75, 3.05) is 99.1 Å². The van der Waals surface area contributed by atoms with Crippen LogP contribution < -0.4 is 0 Å². The molecule has 13 heteroatoms. The number of hydrogen-bond donors (Lipinski definition) is 1. The zero-order valence-electron chi connectivity index (χ0n) is 20.8. The summed E-state index contributed by atoms with van der Waals surface area (Å²) in [6.07, 6.45) is 0. The molecule has 0 fully saturated rings. The minimum Gasteiger partial charge on any atom is -0.480 e. The first-order valence-corrected chi connectivity index (χ1v) is 13.0. The summed E-state index contributed by atoms with van der Waals surface area (Å²) < 4.78 is 65.8. The molecule has 0 aromatic heterocycles. The fourth-order valence-corrected chi connectivity index (χ4v) is 3.35. The Morgan fingerprint density at radius 2 is 0.944 bits per heavy atom. The summed E-state index contributed by atoms with van der Waals surface area (Å²) >= 11 is 0. The van der Waals surface area contributed by atoms with Crippen molar-refractivity contribution >= 4 is 16.1 Å². The molecule has 0 unspecified atom stereocenters. The highest BCUT2D eigenvalue weighted by molar-refractivity contribution is 7.86. The zero-order valence-corrected chi connectivity index (χ0v) is 21.6. The third kappa shape index (κ3) is 18.6. The van der Waals surface area contributed by atoms with E-state index in [2.05, 4.69) is 0 Å². The molecule has 0 bridgehead atoms. The number of rotatable bonds is 25. The predicted molar refractivity (Wildman–Crippen MR) is 128 cm³/mol. The van der Waals surface area contributed by atoms with Gasteiger partial charge in [-0.25, -0.2) is 4.79 Å². The third-order valence-corrected chi connectivity index (χ3v) is 5.56. The number of ether oxygens (including phenoxy) is 7. The molecule has 0 saturated heterocycles. The van der Waals surface area contributed by atoms with Crippen LogP contribution in [0.1, 0.15) is 5.56 Å². The van der Waals surface area contributed by atoms with E-state index in [1.54, 1.807) is 12.1 Å². The Kier molecular flexibility index (Phi) is 19.2. The van der Waals surface area contributed by atoms with Crippen LogP contribution in [0.15, 0.2) is 29.2 Å². The van der Waals surface area contributed by atoms with E-state index in [0.29, 0.717) is 72.7 Å². The quantitative estimate of drug-likeness (QED) is 0.139. The maximum absolute atomic E-state index is 12.0. The minimum atomic E-state index is -3.77. The Labute approximate surface area is 212 Å². The van der Waals surface area contributed by atoms with E-state index >= 15 is 0 Å². The van der Waals surface area contributed by atoms with Gasteiger partial charge in [-0.2, -0.15) is 8.42 Å². The van der Waals surface area contributed by atoms with Crippen LogP contribution in [0.25, 0.3) is 0 Å². The second-order valence-electron chi connectivity index (χ2n) is 7.21. The van der Waals surface area contributed by atoms with Gasteiger partial charge in [0.1, 0.15) is 6.61 Å². The molecule has 36 heavy (non-hydrogen) atoms. The fraction of sp³-hybridized carbons (Fsp3) is 0.696. The number of benzene rings is 1. The molecule has 1 N–H and O–H groups in total. The predicted octanol–water partition coefficient (Wildman–Crippen LogP) is 0.901. The molecule has 12 nitrogen and oxygen atoms in total.